The van der Waals surface area contributed by atoms with Gasteiger partial charge in [-0.15, -0.1) is 0 Å². The minimum Gasteiger partial charge on any atom is -0.477 e. The van der Waals surface area contributed by atoms with Crippen LogP contribution in [0.15, 0.2) is 36.5 Å². The molecule has 0 aliphatic rings. The number of carbonyl (C=O) groups excluding carboxylic acids is 1. The van der Waals surface area contributed by atoms with Gasteiger partial charge in [0.1, 0.15) is 0 Å². The van der Waals surface area contributed by atoms with Crippen LogP contribution >= 0.6 is 0 Å². The highest BCUT2D eigenvalue weighted by Crippen LogP contribution is 2.26. The molecule has 1 aromatic heterocycles. The van der Waals surface area contributed by atoms with Crippen molar-refractivity contribution in [2.75, 3.05) is 6.54 Å². The number of nitrogens with one attached hydrogen (secondary N) is 1. The van der Waals surface area contributed by atoms with Crippen LogP contribution in [0.3, 0.4) is 0 Å². The van der Waals surface area contributed by atoms with Crippen LogP contribution in [-0.4, -0.2) is 35.9 Å². The highest BCUT2D eigenvalue weighted by Gasteiger charge is 2.22. The van der Waals surface area contributed by atoms with Crippen molar-refractivity contribution in [1.29, 1.82) is 0 Å². The zero-order chi connectivity index (χ0) is 17.9. The van der Waals surface area contributed by atoms with E-state index in [1.807, 2.05) is 6.92 Å². The molecular formula is C15H17N3O5S. The number of carboxylic acids is 1. The van der Waals surface area contributed by atoms with Gasteiger partial charge < -0.3 is 10.4 Å². The van der Waals surface area contributed by atoms with Crippen LogP contribution in [0.1, 0.15) is 34.2 Å². The smallest absolute Gasteiger partial charge is 0.354 e. The summed E-state index contributed by atoms with van der Waals surface area (Å²) < 4.78 is 23.4. The normalized spacial score (nSPS) is 11.2. The van der Waals surface area contributed by atoms with E-state index in [1.165, 1.54) is 6.07 Å². The summed E-state index contributed by atoms with van der Waals surface area (Å²) in [6, 6.07) is 7.53. The number of carbonyl (C=O) groups is 2. The Hall–Kier alpha value is -2.65. The van der Waals surface area contributed by atoms with E-state index in [4.69, 9.17) is 5.14 Å². The van der Waals surface area contributed by atoms with Gasteiger partial charge >= 0.3 is 16.2 Å². The number of aromatic carboxylic acids is 1. The molecule has 0 aliphatic heterocycles. The van der Waals surface area contributed by atoms with Crippen molar-refractivity contribution in [2.45, 2.75) is 13.3 Å². The molecular weight excluding hydrogens is 334 g/mol. The summed E-state index contributed by atoms with van der Waals surface area (Å²) in [4.78, 5) is 23.3. The predicted molar refractivity (Wildman–Crippen MR) is 88.0 cm³/mol. The molecule has 0 atom stereocenters. The van der Waals surface area contributed by atoms with Crippen molar-refractivity contribution in [2.24, 2.45) is 5.14 Å². The average molecular weight is 351 g/mol. The van der Waals surface area contributed by atoms with Crippen molar-refractivity contribution in [1.82, 2.24) is 9.29 Å². The molecule has 0 unspecified atom stereocenters. The van der Waals surface area contributed by atoms with Crippen LogP contribution in [-0.2, 0) is 10.2 Å². The molecule has 8 nitrogen and oxygen atoms in total. The lowest BCUT2D eigenvalue weighted by atomic mass is 10.0. The zero-order valence-electron chi connectivity index (χ0n) is 12.9. The van der Waals surface area contributed by atoms with Gasteiger partial charge in [-0.25, -0.2) is 13.9 Å². The number of nitrogens with zero attached hydrogens (tertiary/aromatic N) is 1. The Kier molecular flexibility index (Phi) is 5.05. The molecule has 9 heteroatoms. The van der Waals surface area contributed by atoms with Gasteiger partial charge in [-0.05, 0) is 30.2 Å². The lowest BCUT2D eigenvalue weighted by Gasteiger charge is -2.07. The summed E-state index contributed by atoms with van der Waals surface area (Å²) in [5.41, 5.74) is 0.620. The Labute approximate surface area is 139 Å². The van der Waals surface area contributed by atoms with E-state index in [0.717, 1.165) is 12.6 Å². The monoisotopic (exact) mass is 351 g/mol. The highest BCUT2D eigenvalue weighted by molar-refractivity contribution is 7.87. The lowest BCUT2D eigenvalue weighted by Crippen LogP contribution is -2.25. The summed E-state index contributed by atoms with van der Waals surface area (Å²) in [6.45, 7) is 2.49. The first-order valence-corrected chi connectivity index (χ1v) is 8.62. The van der Waals surface area contributed by atoms with Gasteiger partial charge in [-0.3, -0.25) is 4.79 Å². The molecule has 1 amide bonds. The van der Waals surface area contributed by atoms with Gasteiger partial charge in [0.2, 0.25) is 0 Å². The molecule has 2 aromatic rings. The minimum absolute atomic E-state index is 0.192. The fraction of sp³-hybridized carbons (Fsp3) is 0.200. The molecule has 0 radical (unpaired) electrons. The number of benzene rings is 1. The fourth-order valence-corrected chi connectivity index (χ4v) is 2.87. The Bertz CT molecular complexity index is 869. The van der Waals surface area contributed by atoms with Gasteiger partial charge in [0.05, 0.1) is 0 Å². The SMILES string of the molecule is CCCNC(=O)c1ccc(-c2ccn(S(N)(=O)=O)c2C(=O)O)cc1. The van der Waals surface area contributed by atoms with Crippen LogP contribution in [0.5, 0.6) is 0 Å². The summed E-state index contributed by atoms with van der Waals surface area (Å²) in [5.74, 6) is -1.65. The van der Waals surface area contributed by atoms with Crippen LogP contribution in [0.2, 0.25) is 0 Å². The topological polar surface area (TPSA) is 131 Å². The highest BCUT2D eigenvalue weighted by atomic mass is 32.2. The maximum atomic E-state index is 11.9. The molecule has 4 N–H and O–H groups in total. The Morgan fingerprint density at radius 1 is 1.21 bits per heavy atom. The van der Waals surface area contributed by atoms with Crippen LogP contribution < -0.4 is 10.5 Å². The first-order chi connectivity index (χ1) is 11.3. The van der Waals surface area contributed by atoms with Crippen LogP contribution in [0.4, 0.5) is 0 Å². The molecule has 2 rings (SSSR count). The van der Waals surface area contributed by atoms with Gasteiger partial charge in [-0.1, -0.05) is 19.1 Å². The Morgan fingerprint density at radius 2 is 1.83 bits per heavy atom. The maximum absolute atomic E-state index is 11.9. The number of nitrogens with two attached hydrogens (primary N) is 1. The second-order valence-electron chi connectivity index (χ2n) is 5.06. The minimum atomic E-state index is -4.23. The van der Waals surface area contributed by atoms with Crippen molar-refractivity contribution < 1.29 is 23.1 Å². The lowest BCUT2D eigenvalue weighted by molar-refractivity contribution is 0.0690. The molecule has 0 spiro atoms. The van der Waals surface area contributed by atoms with E-state index in [2.05, 4.69) is 5.32 Å². The number of rotatable bonds is 6. The summed E-state index contributed by atoms with van der Waals surface area (Å²) in [6.07, 6.45) is 1.89. The third-order valence-corrected chi connectivity index (χ3v) is 4.18. The van der Waals surface area contributed by atoms with Crippen LogP contribution in [0, 0.1) is 0 Å². The van der Waals surface area contributed by atoms with E-state index in [9.17, 15) is 23.1 Å². The molecule has 0 saturated carbocycles. The van der Waals surface area contributed by atoms with E-state index < -0.39 is 21.9 Å². The molecule has 1 aromatic carbocycles. The van der Waals surface area contributed by atoms with Crippen molar-refractivity contribution in [3.63, 3.8) is 0 Å². The standard InChI is InChI=1S/C15H17N3O5S/c1-2-8-17-14(19)11-5-3-10(4-6-11)12-7-9-18(24(16,22)23)13(12)15(20)21/h3-7,9H,2,8H2,1H3,(H,17,19)(H,20,21)(H2,16,22,23). The average Bonchev–Trinajstić information content (AvgIpc) is 2.98. The fourth-order valence-electron chi connectivity index (χ4n) is 2.21. The van der Waals surface area contributed by atoms with Gasteiger partial charge in [0.25, 0.3) is 5.91 Å². The van der Waals surface area contributed by atoms with E-state index >= 15 is 0 Å². The first-order valence-electron chi connectivity index (χ1n) is 7.12. The number of carboxylic acid groups (broad SMARTS) is 1. The number of amides is 1. The first kappa shape index (κ1) is 17.7. The summed E-state index contributed by atoms with van der Waals surface area (Å²) in [5, 5.41) is 17.0. The molecule has 128 valence electrons. The predicted octanol–water partition coefficient (Wildman–Crippen LogP) is 1.04. The maximum Gasteiger partial charge on any atom is 0.354 e. The number of aromatic nitrogens is 1. The molecule has 0 bridgehead atoms. The zero-order valence-corrected chi connectivity index (χ0v) is 13.7. The van der Waals surface area contributed by atoms with Crippen molar-refractivity contribution >= 4 is 22.1 Å². The second kappa shape index (κ2) is 6.85. The molecule has 1 heterocycles. The molecule has 0 saturated heterocycles. The van der Waals surface area contributed by atoms with E-state index in [1.54, 1.807) is 24.3 Å². The molecule has 24 heavy (non-hydrogen) atoms. The number of hydrogen-bond acceptors (Lipinski definition) is 4. The summed E-state index contributed by atoms with van der Waals surface area (Å²) in [7, 11) is -4.23. The van der Waals surface area contributed by atoms with Gasteiger partial charge in [0, 0.05) is 23.9 Å². The quantitative estimate of drug-likeness (QED) is 0.715. The van der Waals surface area contributed by atoms with Crippen molar-refractivity contribution in [3.8, 4) is 11.1 Å². The number of hydrogen-bond donors (Lipinski definition) is 3. The van der Waals surface area contributed by atoms with Gasteiger partial charge in [-0.2, -0.15) is 8.42 Å². The Morgan fingerprint density at radius 3 is 2.33 bits per heavy atom. The van der Waals surface area contributed by atoms with E-state index in [-0.39, 0.29) is 11.5 Å². The third-order valence-electron chi connectivity index (χ3n) is 3.32. The van der Waals surface area contributed by atoms with Crippen LogP contribution in [0.25, 0.3) is 11.1 Å². The second-order valence-corrected chi connectivity index (χ2v) is 6.48. The largest absolute Gasteiger partial charge is 0.477 e. The Balaban J connectivity index is 2.41. The molecule has 0 fully saturated rings. The van der Waals surface area contributed by atoms with E-state index in [0.29, 0.717) is 21.6 Å². The van der Waals surface area contributed by atoms with Crippen molar-refractivity contribution in [3.05, 3.63) is 47.8 Å². The third kappa shape index (κ3) is 3.63. The van der Waals surface area contributed by atoms with Gasteiger partial charge in [0.15, 0.2) is 5.69 Å². The summed E-state index contributed by atoms with van der Waals surface area (Å²) >= 11 is 0. The molecule has 0 aliphatic carbocycles.